The summed E-state index contributed by atoms with van der Waals surface area (Å²) in [6, 6.07) is 17.5. The molecular weight excluding hydrogens is 2170 g/mol. The SMILES string of the molecule is C#Cc1nn([C@H]2C[C@H](COC)N(C(=O)C=C)C2)c(NC)c1C(N)=O.C=CC(=O)N1C[C@@H](n2nc(C#Cc3cc4ncn(C(C)C)c4cc3F)c(C(N)=O)c2NC)C[C@@H]1COC.CC(C)N.CC(C)Nc1cc(F)c(I)cc1N.CC(C)Nc1cc(F)c(I)cc1[N+](=O)[O-].CC(C)Nc1cc(F)ccc1[N+](=O)[O-].CC(C)n1cnc2cc(I)c(F)cc21.COC(OC)OC.O=[N+]([O-])c1ccc(F)cc1F. The number of likely N-dealkylation sites (tertiary alicyclic amines) is 2. The van der Waals surface area contributed by atoms with Gasteiger partial charge in [-0.1, -0.05) is 32.9 Å². The van der Waals surface area contributed by atoms with Crippen LogP contribution in [-0.4, -0.2) is 206 Å². The number of hydrogen-bond acceptors (Lipinski definition) is 26. The maximum absolute atomic E-state index is 14.9. The standard InChI is InChI=1S/C26H30FN7O3.C16H21N5O3.C10H10FIN2.C9H10FIN2O2.C9H12FIN2.C9H11FN2O2.C6H3F2NO2.C4H10O3.C3H9N/c1-6-23(35)32-12-17(10-18(32)13-37-5)34-26(29-4)24(25(28)36)20(31-34)8-7-16-9-21-22(11-19(16)27)33(14-30-21)15(2)3;1-5-12-14(15(17)23)16(18-3)21(19-12)10-7-11(9-24-4)20(8-10)13(22)6-2;1-6(2)14-5-13-9-4-8(12)7(11)3-10(9)14;1-5(2)12-8-3-6(10)7(11)4-9(8)13(14)15;1-5(2)13-9-3-6(10)7(11)4-8(9)12;1-6(2)11-8-5-7(10)3-4-9(8)12(13)14;7-4-1-2-6(9(10)11)5(8)3-4;1-5-4(6-2)7-3;1-3(2)4/h6,9,11,14-15,17-18,29H,1,10,12-13H2,2-5H3,(H2,28,36);1,6,10-11,18H,2,7-9H2,3-4H3,(H2,17,23);3-6H,1-2H3;3-5,12H,1-2H3;3-5,13H,12H2,1-2H3;3-6,11H,1-2H3;1-3H;4H,1-3H3;3H,4H2,1-2H3/t17-,18+;10-,11+;;;;;;;/m00......./s1. The number of aromatic nitrogens is 8. The molecule has 2 aliphatic rings. The summed E-state index contributed by atoms with van der Waals surface area (Å²) in [4.78, 5) is 89.8. The van der Waals surface area contributed by atoms with Crippen molar-refractivity contribution in [1.29, 1.82) is 0 Å². The first-order chi connectivity index (χ1) is 65.4. The van der Waals surface area contributed by atoms with Gasteiger partial charge in [-0.15, -0.1) is 6.42 Å². The van der Waals surface area contributed by atoms with E-state index >= 15 is 0 Å². The van der Waals surface area contributed by atoms with Crippen molar-refractivity contribution < 1.29 is 88.4 Å². The van der Waals surface area contributed by atoms with E-state index in [1.165, 1.54) is 51.7 Å². The van der Waals surface area contributed by atoms with Crippen molar-refractivity contribution in [3.05, 3.63) is 233 Å². The molecule has 754 valence electrons. The first-order valence-corrected chi connectivity index (χ1v) is 45.7. The highest BCUT2D eigenvalue weighted by Gasteiger charge is 2.40. The molecule has 0 unspecified atom stereocenters. The van der Waals surface area contributed by atoms with Gasteiger partial charge in [0.05, 0.1) is 115 Å². The number of halogens is 10. The van der Waals surface area contributed by atoms with Gasteiger partial charge in [0.15, 0.2) is 5.69 Å². The molecule has 13 N–H and O–H groups in total. The van der Waals surface area contributed by atoms with Gasteiger partial charge in [0.25, 0.3) is 29.7 Å². The van der Waals surface area contributed by atoms with Gasteiger partial charge in [0.1, 0.15) is 74.7 Å². The molecule has 139 heavy (non-hydrogen) atoms. The van der Waals surface area contributed by atoms with Crippen molar-refractivity contribution in [1.82, 2.24) is 48.5 Å². The number of fused-ring (bicyclic) bond motifs is 2. The number of amides is 4. The number of nitrogens with zero attached hydrogens (tertiary/aromatic N) is 13. The van der Waals surface area contributed by atoms with E-state index in [9.17, 15) is 80.3 Å². The molecule has 10 aromatic rings. The number of ether oxygens (including phenoxy) is 5. The fourth-order valence-corrected chi connectivity index (χ4v) is 14.8. The number of benzene rings is 6. The lowest BCUT2D eigenvalue weighted by atomic mass is 10.1. The number of imidazole rings is 2. The highest BCUT2D eigenvalue weighted by Crippen LogP contribution is 2.37. The third-order valence-corrected chi connectivity index (χ3v) is 21.7. The minimum Gasteiger partial charge on any atom is -0.397 e. The lowest BCUT2D eigenvalue weighted by Crippen LogP contribution is -2.37. The molecule has 4 amide bonds. The Kier molecular flexibility index (Phi) is 49.0. The Bertz CT molecular complexity index is 6010. The maximum atomic E-state index is 14.9. The Hall–Kier alpha value is -12.4. The average molecular weight is 2280 g/mol. The molecule has 47 heteroatoms. The summed E-state index contributed by atoms with van der Waals surface area (Å²) >= 11 is 5.62. The molecule has 4 atom stereocenters. The van der Waals surface area contributed by atoms with Crippen LogP contribution in [0.1, 0.15) is 158 Å². The zero-order chi connectivity index (χ0) is 105. The Morgan fingerprint density at radius 1 is 0.532 bits per heavy atom. The minimum atomic E-state index is -1.16. The average Bonchev–Trinajstić information content (AvgIpc) is 1.63. The number of carbonyl (C=O) groups is 4. The second kappa shape index (κ2) is 57.2. The first kappa shape index (κ1) is 119. The Balaban J connectivity index is 0.000000346. The summed E-state index contributed by atoms with van der Waals surface area (Å²) in [5.41, 5.74) is 26.4. The third kappa shape index (κ3) is 34.9. The second-order valence-corrected chi connectivity index (χ2v) is 35.4. The molecule has 12 rings (SSSR count). The zero-order valence-electron chi connectivity index (χ0n) is 80.0. The number of nitrogens with one attached hydrogen (secondary N) is 5. The van der Waals surface area contributed by atoms with Gasteiger partial charge in [-0.05, 0) is 210 Å². The van der Waals surface area contributed by atoms with Crippen LogP contribution >= 0.6 is 67.8 Å². The number of carbonyl (C=O) groups excluding carboxylic acids is 4. The van der Waals surface area contributed by atoms with Gasteiger partial charge in [-0.25, -0.2) is 45.7 Å². The lowest BCUT2D eigenvalue weighted by molar-refractivity contribution is -0.387. The van der Waals surface area contributed by atoms with E-state index < -0.39 is 67.8 Å². The second-order valence-electron chi connectivity index (χ2n) is 31.9. The summed E-state index contributed by atoms with van der Waals surface area (Å²) in [5.74, 6) is 3.21. The van der Waals surface area contributed by atoms with Crippen LogP contribution in [0, 0.1) is 106 Å². The van der Waals surface area contributed by atoms with Crippen LogP contribution < -0.4 is 49.5 Å². The van der Waals surface area contributed by atoms with Crippen LogP contribution in [-0.2, 0) is 33.3 Å². The minimum absolute atomic E-state index is 0.0168. The number of nitrogen functional groups attached to an aromatic ring is 1. The van der Waals surface area contributed by atoms with Crippen molar-refractivity contribution in [2.24, 2.45) is 17.2 Å². The molecule has 0 bridgehead atoms. The van der Waals surface area contributed by atoms with Crippen LogP contribution in [0.4, 0.5) is 82.2 Å². The molecule has 2 fully saturated rings. The van der Waals surface area contributed by atoms with Crippen LogP contribution in [0.5, 0.6) is 0 Å². The molecule has 37 nitrogen and oxygen atoms in total. The Labute approximate surface area is 841 Å². The van der Waals surface area contributed by atoms with Crippen molar-refractivity contribution in [2.45, 2.75) is 163 Å². The number of anilines is 6. The first-order valence-electron chi connectivity index (χ1n) is 42.4. The fraction of sp³-hybridized carbons (Fsp3) is 0.391. The monoisotopic (exact) mass is 2280 g/mol. The number of nitrogens with two attached hydrogens (primary N) is 4. The van der Waals surface area contributed by atoms with E-state index in [2.05, 4.69) is 106 Å². The summed E-state index contributed by atoms with van der Waals surface area (Å²) in [6.45, 7) is 31.3. The predicted octanol–water partition coefficient (Wildman–Crippen LogP) is 16.8. The van der Waals surface area contributed by atoms with Crippen molar-refractivity contribution >= 4 is 165 Å². The number of primary amides is 2. The fourth-order valence-electron chi connectivity index (χ4n) is 13.4. The highest BCUT2D eigenvalue weighted by atomic mass is 127. The topological polar surface area (TPSA) is 486 Å². The Morgan fingerprint density at radius 2 is 0.914 bits per heavy atom. The van der Waals surface area contributed by atoms with Gasteiger partial charge in [0.2, 0.25) is 17.6 Å². The summed E-state index contributed by atoms with van der Waals surface area (Å²) in [7, 11) is 11.0. The maximum Gasteiger partial charge on any atom is 0.304 e. The third-order valence-electron chi connectivity index (χ3n) is 19.2. The van der Waals surface area contributed by atoms with Gasteiger partial charge in [-0.3, -0.25) is 49.5 Å². The highest BCUT2D eigenvalue weighted by molar-refractivity contribution is 14.1. The smallest absolute Gasteiger partial charge is 0.304 e. The molecule has 0 aliphatic carbocycles. The molecule has 2 saturated heterocycles. The van der Waals surface area contributed by atoms with Crippen LogP contribution in [0.15, 0.2) is 123 Å². The van der Waals surface area contributed by atoms with E-state index in [0.717, 1.165) is 47.4 Å². The number of nitro groups is 3. The summed E-state index contributed by atoms with van der Waals surface area (Å²) in [6.07, 6.45) is 12.5. The summed E-state index contributed by atoms with van der Waals surface area (Å²) in [5, 5.41) is 54.8. The van der Waals surface area contributed by atoms with E-state index in [-0.39, 0.29) is 126 Å². The number of nitro benzene ring substituents is 3. The quantitative estimate of drug-likeness (QED) is 0.00355. The van der Waals surface area contributed by atoms with E-state index in [1.807, 2.05) is 124 Å². The molecule has 6 heterocycles. The van der Waals surface area contributed by atoms with Gasteiger partial charge >= 0.3 is 5.69 Å². The molecule has 2 aliphatic heterocycles. The van der Waals surface area contributed by atoms with Crippen LogP contribution in [0.3, 0.4) is 0 Å². The number of rotatable bonds is 26. The molecule has 0 spiro atoms. The number of methoxy groups -OCH3 is 5. The van der Waals surface area contributed by atoms with E-state index in [0.29, 0.717) is 98.5 Å². The molecule has 0 saturated carbocycles. The predicted molar refractivity (Wildman–Crippen MR) is 546 cm³/mol. The van der Waals surface area contributed by atoms with Gasteiger partial charge in [-0.2, -0.15) is 14.6 Å². The van der Waals surface area contributed by atoms with Crippen molar-refractivity contribution in [3.8, 4) is 24.2 Å². The molecular formula is C92H116F7I3N22O15. The van der Waals surface area contributed by atoms with Gasteiger partial charge < -0.3 is 92.1 Å². The Morgan fingerprint density at radius 3 is 1.30 bits per heavy atom. The van der Waals surface area contributed by atoms with Crippen molar-refractivity contribution in [2.75, 3.05) is 108 Å². The molecule has 6 aromatic carbocycles. The van der Waals surface area contributed by atoms with Gasteiger partial charge in [0, 0.05) is 148 Å². The largest absolute Gasteiger partial charge is 0.397 e. The van der Waals surface area contributed by atoms with Crippen molar-refractivity contribution in [3.63, 3.8) is 0 Å². The lowest BCUT2D eigenvalue weighted by Gasteiger charge is -2.22. The summed E-state index contributed by atoms with van der Waals surface area (Å²) < 4.78 is 125. The van der Waals surface area contributed by atoms with Crippen LogP contribution in [0.25, 0.3) is 22.1 Å². The van der Waals surface area contributed by atoms with Crippen LogP contribution in [0.2, 0.25) is 0 Å². The number of terminal acetylenes is 1. The van der Waals surface area contributed by atoms with E-state index in [1.54, 1.807) is 107 Å². The number of hydrogen-bond donors (Lipinski definition) is 9. The molecule has 0 radical (unpaired) electrons. The molecule has 4 aromatic heterocycles. The normalized spacial score (nSPS) is 13.8. The zero-order valence-corrected chi connectivity index (χ0v) is 86.5. The van der Waals surface area contributed by atoms with E-state index in [4.69, 9.17) is 38.8 Å².